The van der Waals surface area contributed by atoms with Gasteiger partial charge in [-0.2, -0.15) is 0 Å². The minimum atomic E-state index is -3.46. The van der Waals surface area contributed by atoms with E-state index in [1.165, 1.54) is 11.8 Å². The second kappa shape index (κ2) is 9.25. The maximum absolute atomic E-state index is 12.6. The third kappa shape index (κ3) is 5.14. The van der Waals surface area contributed by atoms with Gasteiger partial charge in [-0.05, 0) is 43.7 Å². The van der Waals surface area contributed by atoms with Gasteiger partial charge < -0.3 is 9.30 Å². The smallest absolute Gasteiger partial charge is 0.191 e. The van der Waals surface area contributed by atoms with Crippen LogP contribution in [0.1, 0.15) is 18.3 Å². The first-order valence-electron chi connectivity index (χ1n) is 9.02. The predicted octanol–water partition coefficient (Wildman–Crippen LogP) is 3.75. The van der Waals surface area contributed by atoms with Crippen LogP contribution in [-0.4, -0.2) is 35.5 Å². The number of benzene rings is 2. The Kier molecular flexibility index (Phi) is 6.74. The highest BCUT2D eigenvalue weighted by atomic mass is 32.2. The van der Waals surface area contributed by atoms with Crippen molar-refractivity contribution in [1.82, 2.24) is 14.8 Å². The van der Waals surface area contributed by atoms with Crippen molar-refractivity contribution in [1.29, 1.82) is 0 Å². The lowest BCUT2D eigenvalue weighted by atomic mass is 10.2. The van der Waals surface area contributed by atoms with Crippen molar-refractivity contribution >= 4 is 21.6 Å². The fourth-order valence-electron chi connectivity index (χ4n) is 2.73. The third-order valence-corrected chi connectivity index (χ3v) is 6.66. The summed E-state index contributed by atoms with van der Waals surface area (Å²) in [4.78, 5) is 0.293. The van der Waals surface area contributed by atoms with E-state index in [0.29, 0.717) is 34.8 Å². The molecule has 0 bridgehead atoms. The van der Waals surface area contributed by atoms with Crippen LogP contribution in [0.4, 0.5) is 0 Å². The van der Waals surface area contributed by atoms with Gasteiger partial charge >= 0.3 is 0 Å². The number of hydrogen-bond donors (Lipinski definition) is 0. The minimum absolute atomic E-state index is 0.168. The van der Waals surface area contributed by atoms with Crippen LogP contribution >= 0.6 is 11.8 Å². The molecule has 1 heterocycles. The molecule has 0 fully saturated rings. The Bertz CT molecular complexity index is 1020. The Balaban J connectivity index is 1.62. The molecular formula is C20H23N3O3S2. The quantitative estimate of drug-likeness (QED) is 0.390. The molecule has 0 unspecified atom stereocenters. The van der Waals surface area contributed by atoms with Gasteiger partial charge in [0.15, 0.2) is 15.0 Å². The van der Waals surface area contributed by atoms with E-state index in [1.807, 2.05) is 42.7 Å². The van der Waals surface area contributed by atoms with Gasteiger partial charge in [-0.1, -0.05) is 42.1 Å². The largest absolute Gasteiger partial charge is 0.493 e. The topological polar surface area (TPSA) is 74.1 Å². The van der Waals surface area contributed by atoms with Gasteiger partial charge in [-0.25, -0.2) is 8.42 Å². The zero-order valence-corrected chi connectivity index (χ0v) is 17.5. The first-order valence-corrected chi connectivity index (χ1v) is 11.7. The van der Waals surface area contributed by atoms with Crippen LogP contribution in [0, 0.1) is 6.92 Å². The van der Waals surface area contributed by atoms with Gasteiger partial charge in [0.05, 0.1) is 11.5 Å². The molecule has 0 aliphatic rings. The predicted molar refractivity (Wildman–Crippen MR) is 110 cm³/mol. The van der Waals surface area contributed by atoms with Gasteiger partial charge in [0.25, 0.3) is 0 Å². The summed E-state index contributed by atoms with van der Waals surface area (Å²) in [6.07, 6.45) is 0. The third-order valence-electron chi connectivity index (χ3n) is 4.10. The molecule has 2 aromatic carbocycles. The van der Waals surface area contributed by atoms with E-state index in [0.717, 1.165) is 11.3 Å². The van der Waals surface area contributed by atoms with Crippen LogP contribution in [0.3, 0.4) is 0 Å². The highest BCUT2D eigenvalue weighted by Crippen LogP contribution is 2.21. The Morgan fingerprint density at radius 1 is 1.07 bits per heavy atom. The molecule has 0 radical (unpaired) electrons. The lowest BCUT2D eigenvalue weighted by Gasteiger charge is -2.09. The summed E-state index contributed by atoms with van der Waals surface area (Å²) in [7, 11) is -3.46. The molecule has 0 N–H and O–H groups in total. The molecular weight excluding hydrogens is 394 g/mol. The summed E-state index contributed by atoms with van der Waals surface area (Å²) in [6, 6.07) is 16.3. The summed E-state index contributed by atoms with van der Waals surface area (Å²) in [6.45, 7) is 5.11. The van der Waals surface area contributed by atoms with Crippen molar-refractivity contribution in [2.24, 2.45) is 0 Å². The molecule has 0 saturated heterocycles. The Hall–Kier alpha value is -2.32. The highest BCUT2D eigenvalue weighted by molar-refractivity contribution is 7.99. The molecule has 0 saturated carbocycles. The van der Waals surface area contributed by atoms with Gasteiger partial charge in [-0.3, -0.25) is 0 Å². The fraction of sp³-hybridized carbons (Fsp3) is 0.300. The van der Waals surface area contributed by atoms with Crippen molar-refractivity contribution in [2.75, 3.05) is 12.4 Å². The van der Waals surface area contributed by atoms with Gasteiger partial charge in [0, 0.05) is 12.3 Å². The molecule has 0 spiro atoms. The van der Waals surface area contributed by atoms with Crippen LogP contribution in [-0.2, 0) is 22.1 Å². The lowest BCUT2D eigenvalue weighted by molar-refractivity contribution is 0.343. The fourth-order valence-corrected chi connectivity index (χ4v) is 4.86. The van der Waals surface area contributed by atoms with Crippen molar-refractivity contribution in [2.45, 2.75) is 36.2 Å². The second-order valence-electron chi connectivity index (χ2n) is 6.23. The lowest BCUT2D eigenvalue weighted by Crippen LogP contribution is -2.11. The average Bonchev–Trinajstić information content (AvgIpc) is 3.07. The highest BCUT2D eigenvalue weighted by Gasteiger charge is 2.20. The SMILES string of the molecule is CCn1c(CS(=O)(=O)c2ccccc2)nnc1SCCOc1cccc(C)c1. The van der Waals surface area contributed by atoms with E-state index >= 15 is 0 Å². The van der Waals surface area contributed by atoms with Crippen LogP contribution in [0.2, 0.25) is 0 Å². The molecule has 148 valence electrons. The molecule has 6 nitrogen and oxygen atoms in total. The molecule has 0 aliphatic carbocycles. The maximum atomic E-state index is 12.6. The standard InChI is InChI=1S/C20H23N3O3S2/c1-3-23-19(15-28(24,25)18-10-5-4-6-11-18)21-22-20(23)27-13-12-26-17-9-7-8-16(2)14-17/h4-11,14H,3,12-13,15H2,1-2H3. The number of nitrogens with zero attached hydrogens (tertiary/aromatic N) is 3. The number of thioether (sulfide) groups is 1. The number of aryl methyl sites for hydroxylation is 1. The summed E-state index contributed by atoms with van der Waals surface area (Å²) < 4.78 is 32.8. The van der Waals surface area contributed by atoms with Crippen molar-refractivity contribution in [3.63, 3.8) is 0 Å². The van der Waals surface area contributed by atoms with E-state index in [1.54, 1.807) is 30.3 Å². The molecule has 0 amide bonds. The number of aromatic nitrogens is 3. The van der Waals surface area contributed by atoms with E-state index < -0.39 is 9.84 Å². The molecule has 28 heavy (non-hydrogen) atoms. The summed E-state index contributed by atoms with van der Waals surface area (Å²) in [5.41, 5.74) is 1.15. The maximum Gasteiger partial charge on any atom is 0.191 e. The van der Waals surface area contributed by atoms with E-state index in [4.69, 9.17) is 4.74 Å². The molecule has 1 aromatic heterocycles. The van der Waals surface area contributed by atoms with Crippen molar-refractivity contribution < 1.29 is 13.2 Å². The van der Waals surface area contributed by atoms with E-state index in [2.05, 4.69) is 10.2 Å². The van der Waals surface area contributed by atoms with Crippen LogP contribution < -0.4 is 4.74 Å². The Morgan fingerprint density at radius 2 is 1.86 bits per heavy atom. The normalized spacial score (nSPS) is 11.5. The first kappa shape index (κ1) is 20.4. The number of sulfone groups is 1. The van der Waals surface area contributed by atoms with Crippen molar-refractivity contribution in [3.8, 4) is 5.75 Å². The zero-order valence-electron chi connectivity index (χ0n) is 15.9. The monoisotopic (exact) mass is 417 g/mol. The zero-order chi connectivity index (χ0) is 20.0. The summed E-state index contributed by atoms with van der Waals surface area (Å²) in [5, 5.41) is 9.00. The number of hydrogen-bond acceptors (Lipinski definition) is 6. The van der Waals surface area contributed by atoms with Crippen LogP contribution in [0.15, 0.2) is 64.6 Å². The van der Waals surface area contributed by atoms with Gasteiger partial charge in [-0.15, -0.1) is 10.2 Å². The summed E-state index contributed by atoms with van der Waals surface area (Å²) in [5.74, 6) is 1.82. The average molecular weight is 418 g/mol. The van der Waals surface area contributed by atoms with Gasteiger partial charge in [0.2, 0.25) is 0 Å². The van der Waals surface area contributed by atoms with Gasteiger partial charge in [0.1, 0.15) is 17.3 Å². The second-order valence-corrected chi connectivity index (χ2v) is 9.28. The number of rotatable bonds is 9. The Morgan fingerprint density at radius 3 is 2.57 bits per heavy atom. The minimum Gasteiger partial charge on any atom is -0.493 e. The molecule has 3 rings (SSSR count). The van der Waals surface area contributed by atoms with Crippen LogP contribution in [0.25, 0.3) is 0 Å². The molecule has 0 aliphatic heterocycles. The number of ether oxygens (including phenoxy) is 1. The van der Waals surface area contributed by atoms with Crippen LogP contribution in [0.5, 0.6) is 5.75 Å². The van der Waals surface area contributed by atoms with E-state index in [-0.39, 0.29) is 5.75 Å². The molecule has 0 atom stereocenters. The Labute approximate surface area is 169 Å². The van der Waals surface area contributed by atoms with Crippen molar-refractivity contribution in [3.05, 3.63) is 66.0 Å². The summed E-state index contributed by atoms with van der Waals surface area (Å²) >= 11 is 1.51. The first-order chi connectivity index (χ1) is 13.5. The van der Waals surface area contributed by atoms with E-state index in [9.17, 15) is 8.42 Å². The molecule has 3 aromatic rings. The molecule has 8 heteroatoms.